The van der Waals surface area contributed by atoms with Gasteiger partial charge in [-0.3, -0.25) is 0 Å². The van der Waals surface area contributed by atoms with Gasteiger partial charge in [0.25, 0.3) is 0 Å². The second-order valence-electron chi connectivity index (χ2n) is 4.11. The third-order valence-electron chi connectivity index (χ3n) is 1.32. The first-order valence-corrected chi connectivity index (χ1v) is 4.14. The lowest BCUT2D eigenvalue weighted by atomic mass is 9.93. The second-order valence-corrected chi connectivity index (χ2v) is 4.11. The molecule has 0 aliphatic heterocycles. The molecule has 0 spiro atoms. The molecule has 0 aromatic heterocycles. The number of rotatable bonds is 2. The number of allylic oxidation sites excluding steroid dienone is 2. The van der Waals surface area contributed by atoms with E-state index < -0.39 is 0 Å². The normalized spacial score (nSPS) is 13.9. The fourth-order valence-corrected chi connectivity index (χ4v) is 1.21. The Bertz CT molecular complexity index is 112. The molecule has 0 bridgehead atoms. The van der Waals surface area contributed by atoms with Crippen molar-refractivity contribution in [2.24, 2.45) is 5.41 Å². The Labute approximate surface area is 65.3 Å². The van der Waals surface area contributed by atoms with Crippen LogP contribution in [0.25, 0.3) is 0 Å². The van der Waals surface area contributed by atoms with Gasteiger partial charge in [0.2, 0.25) is 0 Å². The molecule has 0 N–H and O–H groups in total. The maximum absolute atomic E-state index is 2.36. The Morgan fingerprint density at radius 2 is 1.80 bits per heavy atom. The zero-order valence-electron chi connectivity index (χ0n) is 7.99. The van der Waals surface area contributed by atoms with Crippen LogP contribution in [-0.2, 0) is 0 Å². The zero-order valence-corrected chi connectivity index (χ0v) is 7.99. The van der Waals surface area contributed by atoms with Crippen molar-refractivity contribution >= 4 is 0 Å². The molecule has 0 fully saturated rings. The van der Waals surface area contributed by atoms with Crippen molar-refractivity contribution in [2.45, 2.75) is 47.5 Å². The van der Waals surface area contributed by atoms with Crippen LogP contribution in [0.2, 0.25) is 0 Å². The van der Waals surface area contributed by atoms with Gasteiger partial charge in [-0.05, 0) is 18.8 Å². The summed E-state index contributed by atoms with van der Waals surface area (Å²) in [5.41, 5.74) is 1.88. The van der Waals surface area contributed by atoms with Crippen LogP contribution >= 0.6 is 0 Å². The van der Waals surface area contributed by atoms with Gasteiger partial charge in [-0.2, -0.15) is 0 Å². The molecule has 0 aromatic carbocycles. The van der Waals surface area contributed by atoms with Gasteiger partial charge in [-0.15, -0.1) is 0 Å². The maximum Gasteiger partial charge on any atom is -0.0201 e. The van der Waals surface area contributed by atoms with Crippen LogP contribution in [0.1, 0.15) is 47.5 Å². The Morgan fingerprint density at radius 3 is 2.10 bits per heavy atom. The average Bonchev–Trinajstić information content (AvgIpc) is 1.59. The topological polar surface area (TPSA) is 0 Å². The summed E-state index contributed by atoms with van der Waals surface area (Å²) in [6, 6.07) is 0. The molecule has 0 aromatic rings. The summed E-state index contributed by atoms with van der Waals surface area (Å²) in [7, 11) is 0. The smallest absolute Gasteiger partial charge is 0.0201 e. The molecular formula is C10H20. The Balaban J connectivity index is 3.90. The molecule has 0 aliphatic rings. The van der Waals surface area contributed by atoms with Crippen molar-refractivity contribution in [3.8, 4) is 0 Å². The van der Waals surface area contributed by atoms with Crippen molar-refractivity contribution in [3.05, 3.63) is 11.6 Å². The number of hydrogen-bond acceptors (Lipinski definition) is 0. The van der Waals surface area contributed by atoms with E-state index in [2.05, 4.69) is 40.7 Å². The van der Waals surface area contributed by atoms with E-state index in [4.69, 9.17) is 0 Å². The van der Waals surface area contributed by atoms with Gasteiger partial charge in [-0.1, -0.05) is 45.8 Å². The van der Waals surface area contributed by atoms with E-state index >= 15 is 0 Å². The Morgan fingerprint density at radius 1 is 1.30 bits per heavy atom. The molecule has 0 amide bonds. The summed E-state index contributed by atoms with van der Waals surface area (Å²) in [6.45, 7) is 11.2. The molecule has 10 heavy (non-hydrogen) atoms. The third-order valence-corrected chi connectivity index (χ3v) is 1.32. The van der Waals surface area contributed by atoms with E-state index in [-0.39, 0.29) is 0 Å². The van der Waals surface area contributed by atoms with Gasteiger partial charge in [0.05, 0.1) is 0 Å². The van der Waals surface area contributed by atoms with Crippen LogP contribution in [0.3, 0.4) is 0 Å². The monoisotopic (exact) mass is 140 g/mol. The molecule has 0 unspecified atom stereocenters. The van der Waals surface area contributed by atoms with Gasteiger partial charge in [0, 0.05) is 0 Å². The lowest BCUT2D eigenvalue weighted by Crippen LogP contribution is -2.00. The van der Waals surface area contributed by atoms with Crippen LogP contribution in [0, 0.1) is 5.41 Å². The molecule has 0 saturated carbocycles. The largest absolute Gasteiger partial charge is 0.0802 e. The molecule has 0 radical (unpaired) electrons. The molecule has 0 heteroatoms. The predicted octanol–water partition coefficient (Wildman–Crippen LogP) is 3.78. The minimum absolute atomic E-state index is 0.360. The van der Waals surface area contributed by atoms with E-state index in [1.165, 1.54) is 18.4 Å². The van der Waals surface area contributed by atoms with Crippen molar-refractivity contribution < 1.29 is 0 Å². The fourth-order valence-electron chi connectivity index (χ4n) is 1.21. The summed E-state index contributed by atoms with van der Waals surface area (Å²) >= 11 is 0. The summed E-state index contributed by atoms with van der Waals surface area (Å²) in [4.78, 5) is 0. The number of hydrogen-bond donors (Lipinski definition) is 0. The van der Waals surface area contributed by atoms with Crippen molar-refractivity contribution in [1.29, 1.82) is 0 Å². The summed E-state index contributed by atoms with van der Waals surface area (Å²) < 4.78 is 0. The third kappa shape index (κ3) is 5.87. The summed E-state index contributed by atoms with van der Waals surface area (Å²) in [6.07, 6.45) is 4.87. The Kier molecular flexibility index (Phi) is 3.70. The molecule has 60 valence electrons. The first kappa shape index (κ1) is 9.74. The van der Waals surface area contributed by atoms with Gasteiger partial charge in [0.15, 0.2) is 0 Å². The van der Waals surface area contributed by atoms with Crippen molar-refractivity contribution in [2.75, 3.05) is 0 Å². The predicted molar refractivity (Wildman–Crippen MR) is 48.1 cm³/mol. The molecule has 0 heterocycles. The summed E-state index contributed by atoms with van der Waals surface area (Å²) in [5.74, 6) is 0. The highest BCUT2D eigenvalue weighted by Crippen LogP contribution is 2.19. The van der Waals surface area contributed by atoms with E-state index in [1.807, 2.05) is 0 Å². The molecule has 0 saturated heterocycles. The first-order valence-electron chi connectivity index (χ1n) is 4.14. The maximum atomic E-state index is 2.36. The molecular weight excluding hydrogens is 120 g/mol. The van der Waals surface area contributed by atoms with E-state index in [9.17, 15) is 0 Å². The molecule has 0 atom stereocenters. The SMILES string of the molecule is CCCC(C)=CC(C)(C)C. The van der Waals surface area contributed by atoms with E-state index in [0.717, 1.165) is 0 Å². The quantitative estimate of drug-likeness (QED) is 0.512. The van der Waals surface area contributed by atoms with Crippen LogP contribution in [0.15, 0.2) is 11.6 Å². The summed E-state index contributed by atoms with van der Waals surface area (Å²) in [5, 5.41) is 0. The average molecular weight is 140 g/mol. The van der Waals surface area contributed by atoms with Crippen molar-refractivity contribution in [3.63, 3.8) is 0 Å². The molecule has 0 rings (SSSR count). The first-order chi connectivity index (χ1) is 4.45. The second kappa shape index (κ2) is 3.80. The Hall–Kier alpha value is -0.260. The highest BCUT2D eigenvalue weighted by molar-refractivity contribution is 5.03. The molecule has 0 aliphatic carbocycles. The minimum Gasteiger partial charge on any atom is -0.0802 e. The van der Waals surface area contributed by atoms with E-state index in [1.54, 1.807) is 0 Å². The zero-order chi connectivity index (χ0) is 8.20. The van der Waals surface area contributed by atoms with Crippen LogP contribution in [0.5, 0.6) is 0 Å². The van der Waals surface area contributed by atoms with Gasteiger partial charge in [0.1, 0.15) is 0 Å². The highest BCUT2D eigenvalue weighted by Gasteiger charge is 2.04. The van der Waals surface area contributed by atoms with E-state index in [0.29, 0.717) is 5.41 Å². The highest BCUT2D eigenvalue weighted by atomic mass is 14.1. The van der Waals surface area contributed by atoms with Gasteiger partial charge >= 0.3 is 0 Å². The lowest BCUT2D eigenvalue weighted by molar-refractivity contribution is 0.537. The fraction of sp³-hybridized carbons (Fsp3) is 0.800. The minimum atomic E-state index is 0.360. The van der Waals surface area contributed by atoms with Gasteiger partial charge in [-0.25, -0.2) is 0 Å². The van der Waals surface area contributed by atoms with Crippen LogP contribution in [0.4, 0.5) is 0 Å². The van der Waals surface area contributed by atoms with Crippen LogP contribution in [-0.4, -0.2) is 0 Å². The molecule has 0 nitrogen and oxygen atoms in total. The van der Waals surface area contributed by atoms with Crippen molar-refractivity contribution in [1.82, 2.24) is 0 Å². The standard InChI is InChI=1S/C10H20/c1-6-7-9(2)8-10(3,4)5/h8H,6-7H2,1-5H3. The van der Waals surface area contributed by atoms with Gasteiger partial charge < -0.3 is 0 Å². The van der Waals surface area contributed by atoms with Crippen LogP contribution < -0.4 is 0 Å². The lowest BCUT2D eigenvalue weighted by Gasteiger charge is -2.13.